The molecule has 0 radical (unpaired) electrons. The molecule has 2 heterocycles. The fraction of sp³-hybridized carbons (Fsp3) is 0.368. The Morgan fingerprint density at radius 1 is 0.978 bits per heavy atom. The van der Waals surface area contributed by atoms with E-state index in [1.54, 1.807) is 30.0 Å². The minimum atomic E-state index is -0.553. The van der Waals surface area contributed by atoms with E-state index in [0.717, 1.165) is 43.6 Å². The number of piperidine rings is 1. The Bertz CT molecular complexity index is 1740. The number of benzene rings is 2. The molecule has 0 saturated carbocycles. The first kappa shape index (κ1) is 30.1. The standard InChI is InChI=1S/C38H38N2O6/c1-22-18-32(42)34-27(10-8-23-9-13-31(41)33(19-23)46-2)26-11-12-28-35(29(26)20-30(34)36(22)43)38(45)40(37(28)44)25-14-16-39(17-15-25)21-24-6-4-3-5-7-24/h3-11,13,18-19,25,27-29,35,41H,12,14-17,20-21H2,1-2H3/t27-,28-,29+,35-/m0/s1. The van der Waals surface area contributed by atoms with Crippen LogP contribution < -0.4 is 4.74 Å². The zero-order chi connectivity index (χ0) is 32.1. The normalized spacial score (nSPS) is 27.0. The monoisotopic (exact) mass is 618 g/mol. The molecular weight excluding hydrogens is 580 g/mol. The highest BCUT2D eigenvalue weighted by Gasteiger charge is 2.57. The fourth-order valence-electron chi connectivity index (χ4n) is 8.23. The van der Waals surface area contributed by atoms with Gasteiger partial charge in [-0.05, 0) is 67.9 Å². The maximum Gasteiger partial charge on any atom is 0.233 e. The van der Waals surface area contributed by atoms with E-state index >= 15 is 0 Å². The molecule has 8 nitrogen and oxygen atoms in total. The van der Waals surface area contributed by atoms with Gasteiger partial charge in [0.25, 0.3) is 0 Å². The van der Waals surface area contributed by atoms with Crippen molar-refractivity contribution in [2.75, 3.05) is 20.2 Å². The summed E-state index contributed by atoms with van der Waals surface area (Å²) in [5, 5.41) is 10.1. The van der Waals surface area contributed by atoms with E-state index in [-0.39, 0.29) is 47.5 Å². The van der Waals surface area contributed by atoms with Gasteiger partial charge in [0.05, 0.1) is 18.9 Å². The highest BCUT2D eigenvalue weighted by Crippen LogP contribution is 2.53. The van der Waals surface area contributed by atoms with Crippen LogP contribution in [0.1, 0.15) is 43.7 Å². The number of amides is 2. The number of imide groups is 1. The lowest BCUT2D eigenvalue weighted by Gasteiger charge is -2.41. The number of hydrogen-bond donors (Lipinski definition) is 1. The van der Waals surface area contributed by atoms with Gasteiger partial charge < -0.3 is 9.84 Å². The maximum absolute atomic E-state index is 14.3. The van der Waals surface area contributed by atoms with E-state index < -0.39 is 17.8 Å². The highest BCUT2D eigenvalue weighted by molar-refractivity contribution is 6.23. The molecule has 7 rings (SSSR count). The lowest BCUT2D eigenvalue weighted by atomic mass is 9.60. The molecule has 0 aromatic heterocycles. The Balaban J connectivity index is 1.16. The van der Waals surface area contributed by atoms with Crippen molar-refractivity contribution in [3.05, 3.63) is 100 Å². The van der Waals surface area contributed by atoms with Gasteiger partial charge in [0.2, 0.25) is 11.8 Å². The topological polar surface area (TPSA) is 104 Å². The number of phenols is 1. The van der Waals surface area contributed by atoms with Crippen molar-refractivity contribution in [1.29, 1.82) is 0 Å². The van der Waals surface area contributed by atoms with Crippen molar-refractivity contribution in [3.63, 3.8) is 0 Å². The van der Waals surface area contributed by atoms with Crippen molar-refractivity contribution in [1.82, 2.24) is 9.80 Å². The third kappa shape index (κ3) is 5.14. The molecule has 2 saturated heterocycles. The summed E-state index contributed by atoms with van der Waals surface area (Å²) in [6.07, 6.45) is 9.40. The van der Waals surface area contributed by atoms with E-state index in [9.17, 15) is 24.3 Å². The minimum Gasteiger partial charge on any atom is -0.504 e. The minimum absolute atomic E-state index is 0.0212. The largest absolute Gasteiger partial charge is 0.504 e. The second kappa shape index (κ2) is 12.0. The second-order valence-corrected chi connectivity index (χ2v) is 13.1. The Labute approximate surface area is 268 Å². The molecule has 2 aliphatic heterocycles. The molecule has 2 aromatic rings. The van der Waals surface area contributed by atoms with Crippen LogP contribution in [0.5, 0.6) is 11.5 Å². The summed E-state index contributed by atoms with van der Waals surface area (Å²) in [5.41, 5.74) is 4.24. The van der Waals surface area contributed by atoms with Gasteiger partial charge in [0.15, 0.2) is 23.1 Å². The number of Topliss-reactive ketones (excluding diaryl/α,β-unsaturated/α-hetero) is 1. The van der Waals surface area contributed by atoms with Crippen LogP contribution in [-0.2, 0) is 25.7 Å². The van der Waals surface area contributed by atoms with Crippen LogP contribution in [0.3, 0.4) is 0 Å². The number of carbonyl (C=O) groups excluding carboxylic acids is 4. The lowest BCUT2D eigenvalue weighted by molar-refractivity contribution is -0.144. The maximum atomic E-state index is 14.3. The summed E-state index contributed by atoms with van der Waals surface area (Å²) < 4.78 is 5.27. The second-order valence-electron chi connectivity index (χ2n) is 13.1. The van der Waals surface area contributed by atoms with Crippen LogP contribution in [0, 0.1) is 23.7 Å². The van der Waals surface area contributed by atoms with Crippen LogP contribution in [0.25, 0.3) is 6.08 Å². The first-order valence-corrected chi connectivity index (χ1v) is 16.1. The van der Waals surface area contributed by atoms with E-state index in [1.165, 1.54) is 18.7 Å². The number of phenolic OH excluding ortho intramolecular Hbond substituents is 1. The predicted octanol–water partition coefficient (Wildman–Crippen LogP) is 5.04. The average Bonchev–Trinajstić information content (AvgIpc) is 3.32. The molecule has 2 aromatic carbocycles. The number of likely N-dealkylation sites (tertiary alicyclic amines) is 2. The zero-order valence-electron chi connectivity index (χ0n) is 26.1. The SMILES string of the molecule is COc1cc(C=C[C@H]2C3=CC[C@@H]4C(=O)N(C5CCN(Cc6ccccc6)CC5)C(=O)[C@@H]4[C@@H]3CC3=C2C(=O)C=C(C)C3=O)ccc1O. The molecule has 0 bridgehead atoms. The number of carbonyl (C=O) groups is 4. The molecule has 0 unspecified atom stereocenters. The summed E-state index contributed by atoms with van der Waals surface area (Å²) in [6, 6.07) is 15.2. The Morgan fingerprint density at radius 2 is 1.74 bits per heavy atom. The van der Waals surface area contributed by atoms with E-state index in [2.05, 4.69) is 17.0 Å². The fourth-order valence-corrected chi connectivity index (χ4v) is 8.23. The summed E-state index contributed by atoms with van der Waals surface area (Å²) in [5.74, 6) is -2.10. The van der Waals surface area contributed by atoms with Gasteiger partial charge in [0.1, 0.15) is 0 Å². The smallest absolute Gasteiger partial charge is 0.233 e. The average molecular weight is 619 g/mol. The Kier molecular flexibility index (Phi) is 7.85. The number of ketones is 2. The van der Waals surface area contributed by atoms with E-state index in [0.29, 0.717) is 28.9 Å². The number of rotatable bonds is 6. The summed E-state index contributed by atoms with van der Waals surface area (Å²) in [4.78, 5) is 59.0. The van der Waals surface area contributed by atoms with Crippen molar-refractivity contribution in [2.24, 2.45) is 23.7 Å². The van der Waals surface area contributed by atoms with Gasteiger partial charge in [-0.2, -0.15) is 0 Å². The van der Waals surface area contributed by atoms with Gasteiger partial charge in [-0.15, -0.1) is 0 Å². The number of nitrogens with zero attached hydrogens (tertiary/aromatic N) is 2. The molecule has 3 aliphatic carbocycles. The first-order valence-electron chi connectivity index (χ1n) is 16.1. The van der Waals surface area contributed by atoms with Crippen LogP contribution in [-0.4, -0.2) is 64.5 Å². The zero-order valence-corrected chi connectivity index (χ0v) is 26.1. The van der Waals surface area contributed by atoms with Crippen LogP contribution in [0.15, 0.2) is 89.1 Å². The molecule has 236 valence electrons. The molecule has 5 aliphatic rings. The van der Waals surface area contributed by atoms with Crippen molar-refractivity contribution in [2.45, 2.75) is 45.2 Å². The van der Waals surface area contributed by atoms with Gasteiger partial charge in [-0.3, -0.25) is 29.0 Å². The number of ether oxygens (including phenoxy) is 1. The number of aromatic hydroxyl groups is 1. The molecule has 46 heavy (non-hydrogen) atoms. The molecule has 2 fully saturated rings. The Morgan fingerprint density at radius 3 is 2.48 bits per heavy atom. The Hall–Kier alpha value is -4.56. The van der Waals surface area contributed by atoms with Gasteiger partial charge in [-0.25, -0.2) is 0 Å². The third-order valence-corrected chi connectivity index (χ3v) is 10.5. The lowest BCUT2D eigenvalue weighted by Crippen LogP contribution is -2.47. The first-order chi connectivity index (χ1) is 22.2. The predicted molar refractivity (Wildman–Crippen MR) is 172 cm³/mol. The van der Waals surface area contributed by atoms with Gasteiger partial charge in [0, 0.05) is 48.3 Å². The van der Waals surface area contributed by atoms with Crippen molar-refractivity contribution in [3.8, 4) is 11.5 Å². The van der Waals surface area contributed by atoms with E-state index in [4.69, 9.17) is 4.74 Å². The molecule has 4 atom stereocenters. The summed E-state index contributed by atoms with van der Waals surface area (Å²) in [6.45, 7) is 4.13. The number of allylic oxidation sites excluding steroid dienone is 7. The summed E-state index contributed by atoms with van der Waals surface area (Å²) >= 11 is 0. The third-order valence-electron chi connectivity index (χ3n) is 10.5. The molecule has 8 heteroatoms. The van der Waals surface area contributed by atoms with Crippen LogP contribution in [0.4, 0.5) is 0 Å². The number of fused-ring (bicyclic) bond motifs is 3. The summed E-state index contributed by atoms with van der Waals surface area (Å²) in [7, 11) is 1.48. The van der Waals surface area contributed by atoms with Gasteiger partial charge >= 0.3 is 0 Å². The molecule has 2 amide bonds. The van der Waals surface area contributed by atoms with Crippen molar-refractivity contribution < 1.29 is 29.0 Å². The quantitative estimate of drug-likeness (QED) is 0.275. The molecule has 1 N–H and O–H groups in total. The number of methoxy groups -OCH3 is 1. The van der Waals surface area contributed by atoms with Crippen molar-refractivity contribution >= 4 is 29.5 Å². The molecular formula is C38H38N2O6. The van der Waals surface area contributed by atoms with E-state index in [1.807, 2.05) is 36.4 Å². The molecule has 0 spiro atoms. The van der Waals surface area contributed by atoms with Crippen LogP contribution in [0.2, 0.25) is 0 Å². The highest BCUT2D eigenvalue weighted by atomic mass is 16.5. The number of hydrogen-bond acceptors (Lipinski definition) is 7. The van der Waals surface area contributed by atoms with Gasteiger partial charge in [-0.1, -0.05) is 60.2 Å². The van der Waals surface area contributed by atoms with Crippen LogP contribution >= 0.6 is 0 Å².